The van der Waals surface area contributed by atoms with Gasteiger partial charge in [-0.2, -0.15) is 0 Å². The van der Waals surface area contributed by atoms with Crippen molar-refractivity contribution in [2.75, 3.05) is 46.4 Å². The van der Waals surface area contributed by atoms with E-state index in [2.05, 4.69) is 22.2 Å². The van der Waals surface area contributed by atoms with E-state index in [4.69, 9.17) is 0 Å². The predicted octanol–water partition coefficient (Wildman–Crippen LogP) is 1.36. The molecule has 0 aromatic rings. The van der Waals surface area contributed by atoms with Crippen LogP contribution >= 0.6 is 0 Å². The fourth-order valence-corrected chi connectivity index (χ4v) is 3.06. The number of hydrogen-bond acceptors (Lipinski definition) is 3. The van der Waals surface area contributed by atoms with E-state index < -0.39 is 0 Å². The zero-order chi connectivity index (χ0) is 11.2. The van der Waals surface area contributed by atoms with Crippen LogP contribution in [0.15, 0.2) is 0 Å². The van der Waals surface area contributed by atoms with Gasteiger partial charge in [-0.3, -0.25) is 9.80 Å². The van der Waals surface area contributed by atoms with Crippen LogP contribution in [-0.4, -0.2) is 56.2 Å². The molecule has 1 N–H and O–H groups in total. The summed E-state index contributed by atoms with van der Waals surface area (Å²) in [6, 6.07) is 0. The highest BCUT2D eigenvalue weighted by Crippen LogP contribution is 2.24. The second-order valence-corrected chi connectivity index (χ2v) is 5.55. The molecule has 3 nitrogen and oxygen atoms in total. The van der Waals surface area contributed by atoms with Crippen molar-refractivity contribution in [3.8, 4) is 0 Å². The van der Waals surface area contributed by atoms with E-state index in [9.17, 15) is 0 Å². The predicted molar refractivity (Wildman–Crippen MR) is 68.5 cm³/mol. The molecule has 0 bridgehead atoms. The van der Waals surface area contributed by atoms with Crippen molar-refractivity contribution in [3.05, 3.63) is 0 Å². The van der Waals surface area contributed by atoms with Gasteiger partial charge in [-0.25, -0.2) is 0 Å². The van der Waals surface area contributed by atoms with Crippen molar-refractivity contribution >= 4 is 0 Å². The molecular formula is C13H27N3. The first-order valence-corrected chi connectivity index (χ1v) is 6.96. The molecule has 0 radical (unpaired) electrons. The summed E-state index contributed by atoms with van der Waals surface area (Å²) >= 11 is 0. The van der Waals surface area contributed by atoms with E-state index in [-0.39, 0.29) is 0 Å². The summed E-state index contributed by atoms with van der Waals surface area (Å²) in [4.78, 5) is 5.10. The maximum absolute atomic E-state index is 3.41. The van der Waals surface area contributed by atoms with Crippen molar-refractivity contribution in [3.63, 3.8) is 0 Å². The molecule has 0 unspecified atom stereocenters. The maximum Gasteiger partial charge on any atom is 0.0504 e. The number of piperazine rings is 1. The zero-order valence-corrected chi connectivity index (χ0v) is 10.7. The van der Waals surface area contributed by atoms with Gasteiger partial charge in [-0.15, -0.1) is 0 Å². The molecule has 16 heavy (non-hydrogen) atoms. The molecule has 2 rings (SSSR count). The molecule has 1 aliphatic carbocycles. The molecule has 0 spiro atoms. The molecule has 2 fully saturated rings. The van der Waals surface area contributed by atoms with Crippen molar-refractivity contribution in [1.29, 1.82) is 0 Å². The molecule has 1 saturated heterocycles. The van der Waals surface area contributed by atoms with Gasteiger partial charge in [-0.1, -0.05) is 19.3 Å². The van der Waals surface area contributed by atoms with Gasteiger partial charge in [0.1, 0.15) is 0 Å². The van der Waals surface area contributed by atoms with Crippen molar-refractivity contribution < 1.29 is 0 Å². The fourth-order valence-electron chi connectivity index (χ4n) is 3.06. The molecule has 94 valence electrons. The smallest absolute Gasteiger partial charge is 0.0504 e. The Labute approximate surface area is 100 Å². The molecule has 0 amide bonds. The molecule has 0 atom stereocenters. The lowest BCUT2D eigenvalue weighted by molar-refractivity contribution is 0.118. The third-order valence-electron chi connectivity index (χ3n) is 3.95. The van der Waals surface area contributed by atoms with E-state index in [1.807, 2.05) is 0 Å². The first-order valence-electron chi connectivity index (χ1n) is 6.96. The Hall–Kier alpha value is -0.120. The summed E-state index contributed by atoms with van der Waals surface area (Å²) in [7, 11) is 2.29. The van der Waals surface area contributed by atoms with Crippen LogP contribution in [0.1, 0.15) is 32.1 Å². The molecule has 1 heterocycles. The highest BCUT2D eigenvalue weighted by atomic mass is 15.3. The lowest BCUT2D eigenvalue weighted by Gasteiger charge is -2.33. The van der Waals surface area contributed by atoms with Crippen molar-refractivity contribution in [1.82, 2.24) is 15.1 Å². The van der Waals surface area contributed by atoms with Crippen LogP contribution < -0.4 is 5.32 Å². The van der Waals surface area contributed by atoms with Gasteiger partial charge in [0.25, 0.3) is 0 Å². The van der Waals surface area contributed by atoms with Crippen LogP contribution in [0.4, 0.5) is 0 Å². The minimum absolute atomic E-state index is 0.974. The van der Waals surface area contributed by atoms with Gasteiger partial charge in [0.2, 0.25) is 0 Å². The number of nitrogens with zero attached hydrogens (tertiary/aromatic N) is 2. The minimum Gasteiger partial charge on any atom is -0.314 e. The minimum atomic E-state index is 0.974. The first-order chi connectivity index (χ1) is 7.84. The largest absolute Gasteiger partial charge is 0.314 e. The van der Waals surface area contributed by atoms with Crippen LogP contribution in [0.3, 0.4) is 0 Å². The van der Waals surface area contributed by atoms with Crippen LogP contribution in [0, 0.1) is 5.92 Å². The van der Waals surface area contributed by atoms with Gasteiger partial charge in [-0.05, 0) is 25.8 Å². The summed E-state index contributed by atoms with van der Waals surface area (Å²) in [5, 5.41) is 3.41. The number of nitrogens with one attached hydrogen (secondary N) is 1. The van der Waals surface area contributed by atoms with Gasteiger partial charge < -0.3 is 5.32 Å². The van der Waals surface area contributed by atoms with Crippen LogP contribution in [0.2, 0.25) is 0 Å². The summed E-state index contributed by atoms with van der Waals surface area (Å²) in [5.41, 5.74) is 0. The molecule has 1 saturated carbocycles. The van der Waals surface area contributed by atoms with Gasteiger partial charge >= 0.3 is 0 Å². The SMILES string of the molecule is CN(CC1CCCCC1)CN1CCNCC1. The molecule has 0 aromatic carbocycles. The highest BCUT2D eigenvalue weighted by molar-refractivity contribution is 4.71. The third kappa shape index (κ3) is 4.04. The normalized spacial score (nSPS) is 25.1. The second-order valence-electron chi connectivity index (χ2n) is 5.55. The Balaban J connectivity index is 1.64. The Kier molecular flexibility index (Phi) is 5.07. The highest BCUT2D eigenvalue weighted by Gasteiger charge is 2.17. The summed E-state index contributed by atoms with van der Waals surface area (Å²) < 4.78 is 0. The van der Waals surface area contributed by atoms with Crippen molar-refractivity contribution in [2.24, 2.45) is 5.92 Å². The van der Waals surface area contributed by atoms with Crippen LogP contribution in [0.25, 0.3) is 0 Å². The Bertz CT molecular complexity index is 164. The summed E-state index contributed by atoms with van der Waals surface area (Å²) in [5.74, 6) is 0.974. The second kappa shape index (κ2) is 6.58. The van der Waals surface area contributed by atoms with E-state index in [0.29, 0.717) is 0 Å². The maximum atomic E-state index is 3.41. The lowest BCUT2D eigenvalue weighted by atomic mass is 9.89. The average Bonchev–Trinajstić information content (AvgIpc) is 2.31. The lowest BCUT2D eigenvalue weighted by Crippen LogP contribution is -2.48. The van der Waals surface area contributed by atoms with Gasteiger partial charge in [0.15, 0.2) is 0 Å². The van der Waals surface area contributed by atoms with E-state index >= 15 is 0 Å². The molecule has 2 aliphatic rings. The average molecular weight is 225 g/mol. The van der Waals surface area contributed by atoms with Crippen LogP contribution in [0.5, 0.6) is 0 Å². The van der Waals surface area contributed by atoms with E-state index in [1.165, 1.54) is 51.7 Å². The number of rotatable bonds is 4. The summed E-state index contributed by atoms with van der Waals surface area (Å²) in [6.07, 6.45) is 7.33. The quantitative estimate of drug-likeness (QED) is 0.779. The number of hydrogen-bond donors (Lipinski definition) is 1. The van der Waals surface area contributed by atoms with E-state index in [1.54, 1.807) is 0 Å². The molecule has 1 aliphatic heterocycles. The Morgan fingerprint density at radius 3 is 2.50 bits per heavy atom. The van der Waals surface area contributed by atoms with Gasteiger partial charge in [0, 0.05) is 32.7 Å². The van der Waals surface area contributed by atoms with Gasteiger partial charge in [0.05, 0.1) is 6.67 Å². The molecular weight excluding hydrogens is 198 g/mol. The van der Waals surface area contributed by atoms with E-state index in [0.717, 1.165) is 25.7 Å². The molecule has 0 aromatic heterocycles. The monoisotopic (exact) mass is 225 g/mol. The third-order valence-corrected chi connectivity index (χ3v) is 3.95. The summed E-state index contributed by atoms with van der Waals surface area (Å²) in [6.45, 7) is 7.24. The molecule has 3 heteroatoms. The zero-order valence-electron chi connectivity index (χ0n) is 10.7. The van der Waals surface area contributed by atoms with Crippen LogP contribution in [-0.2, 0) is 0 Å². The standard InChI is InChI=1S/C13H27N3/c1-15(11-13-5-3-2-4-6-13)12-16-9-7-14-8-10-16/h13-14H,2-12H2,1H3. The topological polar surface area (TPSA) is 18.5 Å². The Morgan fingerprint density at radius 2 is 1.81 bits per heavy atom. The Morgan fingerprint density at radius 1 is 1.12 bits per heavy atom. The van der Waals surface area contributed by atoms with Crippen molar-refractivity contribution in [2.45, 2.75) is 32.1 Å². The first kappa shape index (κ1) is 12.3. The fraction of sp³-hybridized carbons (Fsp3) is 1.00.